The maximum Gasteiger partial charge on any atom is 0.352 e. The molecule has 4 amide bonds. The summed E-state index contributed by atoms with van der Waals surface area (Å²) in [6.45, 7) is 5.54. The summed E-state index contributed by atoms with van der Waals surface area (Å²) >= 11 is 4.67. The highest BCUT2D eigenvalue weighted by molar-refractivity contribution is 8.00. The lowest BCUT2D eigenvalue weighted by molar-refractivity contribution is -0.689. The van der Waals surface area contributed by atoms with Gasteiger partial charge in [0.15, 0.2) is 59.6 Å². The normalized spacial score (nSPS) is 19.4. The number of aromatic nitrogens is 4. The molecule has 4 aromatic heterocycles. The van der Waals surface area contributed by atoms with Gasteiger partial charge in [-0.05, 0) is 27.7 Å². The van der Waals surface area contributed by atoms with Gasteiger partial charge in [0, 0.05) is 57.7 Å². The number of fused-ring (bicyclic) bond motifs is 2. The molecular formula is C44H46N12O15S4. The van der Waals surface area contributed by atoms with Crippen LogP contribution in [0.5, 0.6) is 0 Å². The van der Waals surface area contributed by atoms with Gasteiger partial charge in [-0.3, -0.25) is 29.0 Å². The predicted octanol–water partition coefficient (Wildman–Crippen LogP) is -1.44. The number of nitrogens with two attached hydrogens (primary N) is 2. The molecule has 0 spiro atoms. The number of pyridine rings is 2. The fraction of sp³-hybridized carbons (Fsp3) is 0.318. The highest BCUT2D eigenvalue weighted by atomic mass is 32.2. The summed E-state index contributed by atoms with van der Waals surface area (Å²) in [6.07, 6.45) is 7.14. The number of hydrogen-bond donors (Lipinski definition) is 7. The van der Waals surface area contributed by atoms with E-state index in [0.717, 1.165) is 27.6 Å². The van der Waals surface area contributed by atoms with E-state index in [2.05, 4.69) is 30.9 Å². The second-order valence-corrected chi connectivity index (χ2v) is 21.1. The molecule has 0 radical (unpaired) electrons. The molecule has 27 nitrogen and oxygen atoms in total. The van der Waals surface area contributed by atoms with Crippen LogP contribution < -0.4 is 36.3 Å². The molecule has 75 heavy (non-hydrogen) atoms. The van der Waals surface area contributed by atoms with Crippen LogP contribution in [-0.2, 0) is 61.1 Å². The highest BCUT2D eigenvalue weighted by Crippen LogP contribution is 2.41. The van der Waals surface area contributed by atoms with Crippen molar-refractivity contribution in [1.82, 2.24) is 30.4 Å². The maximum atomic E-state index is 13.1. The molecule has 8 rings (SSSR count). The first-order valence-electron chi connectivity index (χ1n) is 21.7. The number of thioether (sulfide) groups is 2. The van der Waals surface area contributed by atoms with Crippen LogP contribution in [-0.4, -0.2) is 145 Å². The molecule has 0 saturated carbocycles. The molecule has 4 aromatic rings. The Morgan fingerprint density at radius 1 is 0.693 bits per heavy atom. The van der Waals surface area contributed by atoms with Crippen LogP contribution in [0.3, 0.4) is 0 Å². The van der Waals surface area contributed by atoms with Gasteiger partial charge in [-0.1, -0.05) is 22.4 Å². The zero-order chi connectivity index (χ0) is 53.8. The fourth-order valence-electron chi connectivity index (χ4n) is 7.14. The molecular weight excluding hydrogens is 1060 g/mol. The van der Waals surface area contributed by atoms with Crippen LogP contribution in [0, 0.1) is 0 Å². The zero-order valence-corrected chi connectivity index (χ0v) is 43.0. The lowest BCUT2D eigenvalue weighted by atomic mass is 10.0. The summed E-state index contributed by atoms with van der Waals surface area (Å²) in [5.74, 6) is -7.66. The Morgan fingerprint density at radius 2 is 1.07 bits per heavy atom. The van der Waals surface area contributed by atoms with Crippen molar-refractivity contribution < 1.29 is 83.1 Å². The van der Waals surface area contributed by atoms with Crippen molar-refractivity contribution in [2.24, 2.45) is 10.3 Å². The van der Waals surface area contributed by atoms with E-state index in [4.69, 9.17) is 21.1 Å². The molecule has 0 aromatic carbocycles. The summed E-state index contributed by atoms with van der Waals surface area (Å²) in [5.41, 5.74) is 7.87. The molecule has 10 N–H and O–H groups in total. The van der Waals surface area contributed by atoms with E-state index >= 15 is 0 Å². The molecule has 2 saturated heterocycles. The lowest BCUT2D eigenvalue weighted by Gasteiger charge is -2.50. The van der Waals surface area contributed by atoms with E-state index in [1.54, 1.807) is 41.5 Å². The third kappa shape index (κ3) is 12.3. The average Bonchev–Trinajstić information content (AvgIpc) is 3.99. The highest BCUT2D eigenvalue weighted by Gasteiger charge is 2.56. The summed E-state index contributed by atoms with van der Waals surface area (Å²) < 4.78 is 3.59. The van der Waals surface area contributed by atoms with Gasteiger partial charge in [0.2, 0.25) is 11.2 Å². The number of nitrogens with zero attached hydrogens (tertiary/aromatic N) is 8. The largest absolute Gasteiger partial charge is 0.870 e. The number of carbonyl (C=O) groups is 8. The number of carboxylic acids is 4. The molecule has 8 heterocycles. The van der Waals surface area contributed by atoms with Crippen LogP contribution in [0.25, 0.3) is 0 Å². The molecule has 0 bridgehead atoms. The van der Waals surface area contributed by atoms with Crippen molar-refractivity contribution in [2.45, 2.75) is 74.8 Å². The van der Waals surface area contributed by atoms with Crippen LogP contribution in [0.15, 0.2) is 105 Å². The Labute approximate surface area is 440 Å². The fourth-order valence-corrected chi connectivity index (χ4v) is 10.9. The van der Waals surface area contributed by atoms with Gasteiger partial charge in [0.05, 0.1) is 11.7 Å². The molecule has 396 valence electrons. The maximum absolute atomic E-state index is 13.1. The SMILES string of the molecule is CC(C)(O/N=C(/C(=O)NC1C(=O)N2C(C(=O)O)=C(C[n+]3ccccc3)CSC12)c1csc(N)n1)C(=O)O.CC(C)(O/N=C(\C(=O)N[C@@H]1C(=O)N2C(C(=O)[O-])=C(C[n+]3ccccc3)CS[C@H]12)c1csc(N)n1)C(=O)O.[OH-]. The Morgan fingerprint density at radius 3 is 1.40 bits per heavy atom. The van der Waals surface area contributed by atoms with Gasteiger partial charge in [0.25, 0.3) is 23.6 Å². The average molecular weight is 1110 g/mol. The van der Waals surface area contributed by atoms with Crippen LogP contribution in [0.4, 0.5) is 10.3 Å². The Hall–Kier alpha value is -8.00. The summed E-state index contributed by atoms with van der Waals surface area (Å²) in [4.78, 5) is 120. The van der Waals surface area contributed by atoms with Crippen LogP contribution in [0.1, 0.15) is 39.1 Å². The molecule has 2 unspecified atom stereocenters. The number of anilines is 2. The smallest absolute Gasteiger partial charge is 0.352 e. The number of amides is 4. The number of aliphatic carboxylic acids is 4. The minimum absolute atomic E-state index is 0. The number of rotatable bonds is 18. The number of oxime groups is 2. The van der Waals surface area contributed by atoms with Crippen LogP contribution in [0.2, 0.25) is 0 Å². The topological polar surface area (TPSA) is 410 Å². The standard InChI is InChI=1S/2C22H22N6O7S2.H2O/c2*1-22(2,20(33)34)35-26-13(12-10-37-21(23)24-12)16(29)25-14-17(30)28-15(19(31)32)11(9-36-18(14)28)8-27-6-4-3-5-7-27;/h2*3-7,10,14,18H,8-9H2,1-2H3,(H4-,23,24,25,29,31,32,33,34);1H2/b26-13+;26-13-;/t;14-,18-;/m.1./s1. The van der Waals surface area contributed by atoms with Gasteiger partial charge in [-0.25, -0.2) is 33.5 Å². The first kappa shape index (κ1) is 56.3. The Balaban J connectivity index is 0.000000241. The third-order valence-electron chi connectivity index (χ3n) is 11.1. The number of carbonyl (C=O) groups excluding carboxylic acids is 5. The van der Waals surface area contributed by atoms with Gasteiger partial charge in [-0.2, -0.15) is 0 Å². The van der Waals surface area contributed by atoms with E-state index in [1.807, 2.05) is 28.8 Å². The molecule has 31 heteroatoms. The van der Waals surface area contributed by atoms with Crippen molar-refractivity contribution in [2.75, 3.05) is 23.0 Å². The number of β-lactam (4-membered cyclic amide) rings is 2. The number of hydrogen-bond acceptors (Lipinski definition) is 22. The second-order valence-electron chi connectivity index (χ2n) is 17.1. The molecule has 4 aliphatic rings. The van der Waals surface area contributed by atoms with Crippen molar-refractivity contribution in [1.29, 1.82) is 0 Å². The van der Waals surface area contributed by atoms with E-state index in [-0.39, 0.29) is 56.5 Å². The Bertz CT molecular complexity index is 2850. The molecule has 4 atom stereocenters. The van der Waals surface area contributed by atoms with E-state index < -0.39 is 81.5 Å². The number of carboxylic acid groups (broad SMARTS) is 4. The Kier molecular flexibility index (Phi) is 17.3. The number of nitrogen functional groups attached to an aromatic ring is 2. The first-order valence-corrected chi connectivity index (χ1v) is 25.5. The van der Waals surface area contributed by atoms with Gasteiger partial charge in [0.1, 0.15) is 39.9 Å². The molecule has 4 aliphatic heterocycles. The van der Waals surface area contributed by atoms with Crippen molar-refractivity contribution in [3.63, 3.8) is 0 Å². The van der Waals surface area contributed by atoms with E-state index in [9.17, 15) is 58.8 Å². The van der Waals surface area contributed by atoms with Crippen molar-refractivity contribution in [3.05, 3.63) is 106 Å². The number of thiazole rings is 2. The summed E-state index contributed by atoms with van der Waals surface area (Å²) in [7, 11) is 0. The van der Waals surface area contributed by atoms with Crippen LogP contribution >= 0.6 is 46.2 Å². The quantitative estimate of drug-likeness (QED) is 0.0260. The van der Waals surface area contributed by atoms with Gasteiger partial charge >= 0.3 is 17.9 Å². The monoisotopic (exact) mass is 1110 g/mol. The van der Waals surface area contributed by atoms with E-state index in [0.29, 0.717) is 29.2 Å². The van der Waals surface area contributed by atoms with Gasteiger partial charge < -0.3 is 62.5 Å². The summed E-state index contributed by atoms with van der Waals surface area (Å²) in [5, 5.41) is 54.7. The van der Waals surface area contributed by atoms with Crippen molar-refractivity contribution in [3.8, 4) is 0 Å². The minimum atomic E-state index is -1.75. The molecule has 0 aliphatic carbocycles. The first-order chi connectivity index (χ1) is 35.0. The van der Waals surface area contributed by atoms with E-state index in [1.165, 1.54) is 66.9 Å². The zero-order valence-electron chi connectivity index (χ0n) is 39.7. The summed E-state index contributed by atoms with van der Waals surface area (Å²) in [6, 6.07) is 8.80. The van der Waals surface area contributed by atoms with Crippen molar-refractivity contribution >= 4 is 115 Å². The number of nitrogens with one attached hydrogen (secondary N) is 2. The second kappa shape index (κ2) is 23.0. The minimum Gasteiger partial charge on any atom is -0.870 e. The lowest BCUT2D eigenvalue weighted by Crippen LogP contribution is -2.71. The predicted molar refractivity (Wildman–Crippen MR) is 264 cm³/mol. The van der Waals surface area contributed by atoms with Gasteiger partial charge in [-0.15, -0.1) is 46.2 Å². The molecule has 2 fully saturated rings. The third-order valence-corrected chi connectivity index (χ3v) is 15.1.